The molecule has 0 bridgehead atoms. The first-order chi connectivity index (χ1) is 10.2. The standard InChI is InChI=1S/C17H22O4/c1-3-5-6-7-12-21-17(19)15-10-8-9-14(13-15)16(18)20-11-4-2/h5-6,8-10,13H,3-4,7,11-12H2,1-2H3/b6-5-. The van der Waals surface area contributed by atoms with Crippen molar-refractivity contribution in [1.29, 1.82) is 0 Å². The average molecular weight is 290 g/mol. The predicted octanol–water partition coefficient (Wildman–Crippen LogP) is 3.77. The third kappa shape index (κ3) is 6.25. The molecule has 0 N–H and O–H groups in total. The van der Waals surface area contributed by atoms with Crippen LogP contribution in [0, 0.1) is 0 Å². The van der Waals surface area contributed by atoms with Gasteiger partial charge in [0, 0.05) is 0 Å². The third-order valence-corrected chi connectivity index (χ3v) is 2.69. The summed E-state index contributed by atoms with van der Waals surface area (Å²) in [7, 11) is 0. The largest absolute Gasteiger partial charge is 0.462 e. The second-order valence-electron chi connectivity index (χ2n) is 4.52. The minimum absolute atomic E-state index is 0.333. The van der Waals surface area contributed by atoms with Crippen LogP contribution in [0.25, 0.3) is 0 Å². The number of hydrogen-bond acceptors (Lipinski definition) is 4. The minimum Gasteiger partial charge on any atom is -0.462 e. The highest BCUT2D eigenvalue weighted by atomic mass is 16.5. The van der Waals surface area contributed by atoms with Crippen molar-refractivity contribution in [3.63, 3.8) is 0 Å². The van der Waals surface area contributed by atoms with Gasteiger partial charge in [-0.1, -0.05) is 32.1 Å². The molecule has 21 heavy (non-hydrogen) atoms. The van der Waals surface area contributed by atoms with Crippen molar-refractivity contribution in [2.75, 3.05) is 13.2 Å². The molecular formula is C17H22O4. The Labute approximate surface area is 125 Å². The van der Waals surface area contributed by atoms with Crippen molar-refractivity contribution < 1.29 is 19.1 Å². The summed E-state index contributed by atoms with van der Waals surface area (Å²) in [6.45, 7) is 4.68. The molecular weight excluding hydrogens is 268 g/mol. The topological polar surface area (TPSA) is 52.6 Å². The predicted molar refractivity (Wildman–Crippen MR) is 81.3 cm³/mol. The molecule has 1 aromatic carbocycles. The first kappa shape index (κ1) is 17.0. The lowest BCUT2D eigenvalue weighted by Crippen LogP contribution is -2.10. The van der Waals surface area contributed by atoms with Gasteiger partial charge in [-0.3, -0.25) is 0 Å². The highest BCUT2D eigenvalue weighted by Gasteiger charge is 2.12. The Morgan fingerprint density at radius 1 is 1.00 bits per heavy atom. The number of carbonyl (C=O) groups is 2. The maximum Gasteiger partial charge on any atom is 0.338 e. The highest BCUT2D eigenvalue weighted by molar-refractivity contribution is 5.95. The van der Waals surface area contributed by atoms with Crippen LogP contribution in [-0.4, -0.2) is 25.2 Å². The average Bonchev–Trinajstić information content (AvgIpc) is 2.52. The van der Waals surface area contributed by atoms with Crippen molar-refractivity contribution in [3.8, 4) is 0 Å². The molecule has 1 aromatic rings. The molecule has 1 rings (SSSR count). The number of hydrogen-bond donors (Lipinski definition) is 0. The van der Waals surface area contributed by atoms with Gasteiger partial charge < -0.3 is 9.47 Å². The Hall–Kier alpha value is -2.10. The van der Waals surface area contributed by atoms with Crippen LogP contribution in [0.4, 0.5) is 0 Å². The summed E-state index contributed by atoms with van der Waals surface area (Å²) in [4.78, 5) is 23.6. The molecule has 0 aromatic heterocycles. The Morgan fingerprint density at radius 2 is 1.62 bits per heavy atom. The van der Waals surface area contributed by atoms with Gasteiger partial charge in [-0.2, -0.15) is 0 Å². The highest BCUT2D eigenvalue weighted by Crippen LogP contribution is 2.09. The fourth-order valence-electron chi connectivity index (χ4n) is 1.64. The second kappa shape index (κ2) is 9.75. The molecule has 4 nitrogen and oxygen atoms in total. The molecule has 0 aliphatic carbocycles. The van der Waals surface area contributed by atoms with Crippen molar-refractivity contribution >= 4 is 11.9 Å². The number of esters is 2. The molecule has 0 heterocycles. The number of ether oxygens (including phenoxy) is 2. The number of allylic oxidation sites excluding steroid dienone is 1. The molecule has 0 amide bonds. The van der Waals surface area contributed by atoms with Crippen LogP contribution in [0.1, 0.15) is 53.8 Å². The van der Waals surface area contributed by atoms with Crippen molar-refractivity contribution in [3.05, 3.63) is 47.5 Å². The smallest absolute Gasteiger partial charge is 0.338 e. The van der Waals surface area contributed by atoms with E-state index in [1.165, 1.54) is 6.07 Å². The summed E-state index contributed by atoms with van der Waals surface area (Å²) in [5.41, 5.74) is 0.726. The minimum atomic E-state index is -0.426. The van der Waals surface area contributed by atoms with E-state index in [0.717, 1.165) is 12.8 Å². The van der Waals surface area contributed by atoms with Crippen LogP contribution >= 0.6 is 0 Å². The monoisotopic (exact) mass is 290 g/mol. The van der Waals surface area contributed by atoms with E-state index in [9.17, 15) is 9.59 Å². The van der Waals surface area contributed by atoms with Crippen LogP contribution in [-0.2, 0) is 9.47 Å². The number of carbonyl (C=O) groups excluding carboxylic acids is 2. The van der Waals surface area contributed by atoms with E-state index in [2.05, 4.69) is 0 Å². The first-order valence-corrected chi connectivity index (χ1v) is 7.28. The fraction of sp³-hybridized carbons (Fsp3) is 0.412. The summed E-state index contributed by atoms with van der Waals surface area (Å²) in [6, 6.07) is 6.40. The van der Waals surface area contributed by atoms with E-state index in [4.69, 9.17) is 9.47 Å². The SMILES string of the molecule is CC/C=C\CCOC(=O)c1cccc(C(=O)OCCC)c1. The lowest BCUT2D eigenvalue weighted by Gasteiger charge is -2.06. The molecule has 0 saturated heterocycles. The molecule has 114 valence electrons. The van der Waals surface area contributed by atoms with Crippen molar-refractivity contribution in [2.45, 2.75) is 33.1 Å². The van der Waals surface area contributed by atoms with Crippen molar-refractivity contribution in [2.24, 2.45) is 0 Å². The Bertz CT molecular complexity index is 491. The van der Waals surface area contributed by atoms with Gasteiger partial charge in [-0.15, -0.1) is 0 Å². The summed E-state index contributed by atoms with van der Waals surface area (Å²) in [6.07, 6.45) is 6.43. The zero-order valence-corrected chi connectivity index (χ0v) is 12.6. The normalized spacial score (nSPS) is 10.6. The van der Waals surface area contributed by atoms with Gasteiger partial charge in [0.1, 0.15) is 0 Å². The van der Waals surface area contributed by atoms with Gasteiger partial charge in [0.2, 0.25) is 0 Å². The van der Waals surface area contributed by atoms with E-state index < -0.39 is 11.9 Å². The molecule has 0 aliphatic heterocycles. The third-order valence-electron chi connectivity index (χ3n) is 2.69. The zero-order valence-electron chi connectivity index (χ0n) is 12.6. The maximum atomic E-state index is 11.9. The molecule has 0 unspecified atom stereocenters. The quantitative estimate of drug-likeness (QED) is 0.415. The fourth-order valence-corrected chi connectivity index (χ4v) is 1.64. The Kier molecular flexibility index (Phi) is 7.87. The zero-order chi connectivity index (χ0) is 15.5. The maximum absolute atomic E-state index is 11.9. The van der Waals surface area contributed by atoms with Crippen LogP contribution in [0.3, 0.4) is 0 Å². The van der Waals surface area contributed by atoms with Gasteiger partial charge in [0.25, 0.3) is 0 Å². The van der Waals surface area contributed by atoms with E-state index >= 15 is 0 Å². The van der Waals surface area contributed by atoms with E-state index in [1.807, 2.05) is 26.0 Å². The number of benzene rings is 1. The first-order valence-electron chi connectivity index (χ1n) is 7.28. The van der Waals surface area contributed by atoms with Gasteiger partial charge in [-0.25, -0.2) is 9.59 Å². The van der Waals surface area contributed by atoms with Gasteiger partial charge >= 0.3 is 11.9 Å². The molecule has 0 aliphatic rings. The molecule has 0 spiro atoms. The summed E-state index contributed by atoms with van der Waals surface area (Å²) >= 11 is 0. The summed E-state index contributed by atoms with van der Waals surface area (Å²) in [5, 5.41) is 0. The van der Waals surface area contributed by atoms with E-state index in [-0.39, 0.29) is 0 Å². The Balaban J connectivity index is 2.56. The molecule has 0 saturated carbocycles. The molecule has 4 heteroatoms. The number of rotatable bonds is 8. The second-order valence-corrected chi connectivity index (χ2v) is 4.52. The van der Waals surface area contributed by atoms with Crippen LogP contribution < -0.4 is 0 Å². The molecule has 0 fully saturated rings. The van der Waals surface area contributed by atoms with Gasteiger partial charge in [-0.05, 0) is 37.5 Å². The van der Waals surface area contributed by atoms with Gasteiger partial charge in [0.05, 0.1) is 24.3 Å². The van der Waals surface area contributed by atoms with Gasteiger partial charge in [0.15, 0.2) is 0 Å². The summed E-state index contributed by atoms with van der Waals surface area (Å²) in [5.74, 6) is -0.845. The van der Waals surface area contributed by atoms with E-state index in [0.29, 0.717) is 30.8 Å². The lowest BCUT2D eigenvalue weighted by molar-refractivity contribution is 0.0505. The van der Waals surface area contributed by atoms with Crippen LogP contribution in [0.5, 0.6) is 0 Å². The van der Waals surface area contributed by atoms with Crippen molar-refractivity contribution in [1.82, 2.24) is 0 Å². The Morgan fingerprint density at radius 3 is 2.19 bits per heavy atom. The van der Waals surface area contributed by atoms with Crippen LogP contribution in [0.15, 0.2) is 36.4 Å². The molecule has 0 radical (unpaired) electrons. The molecule has 0 atom stereocenters. The summed E-state index contributed by atoms with van der Waals surface area (Å²) < 4.78 is 10.2. The van der Waals surface area contributed by atoms with Crippen LogP contribution in [0.2, 0.25) is 0 Å². The lowest BCUT2D eigenvalue weighted by atomic mass is 10.1. The van der Waals surface area contributed by atoms with E-state index in [1.54, 1.807) is 18.2 Å².